The Balaban J connectivity index is 1.86. The summed E-state index contributed by atoms with van der Waals surface area (Å²) in [5, 5.41) is 18.1. The van der Waals surface area contributed by atoms with Crippen molar-refractivity contribution in [2.24, 2.45) is 5.41 Å². The zero-order valence-electron chi connectivity index (χ0n) is 13.8. The minimum atomic E-state index is -0.635. The number of urea groups is 1. The molecular weight excluding hydrogens is 294 g/mol. The molecule has 1 fully saturated rings. The van der Waals surface area contributed by atoms with E-state index in [4.69, 9.17) is 0 Å². The Kier molecular flexibility index (Phi) is 5.26. The summed E-state index contributed by atoms with van der Waals surface area (Å²) in [6, 6.07) is 6.67. The molecule has 0 spiro atoms. The lowest BCUT2D eigenvalue weighted by molar-refractivity contribution is 0.0654. The van der Waals surface area contributed by atoms with Gasteiger partial charge in [0.25, 0.3) is 5.91 Å². The van der Waals surface area contributed by atoms with Gasteiger partial charge in [0.15, 0.2) is 0 Å². The minimum absolute atomic E-state index is 0.125. The third-order valence-corrected chi connectivity index (χ3v) is 3.75. The summed E-state index contributed by atoms with van der Waals surface area (Å²) in [6.07, 6.45) is 1.42. The summed E-state index contributed by atoms with van der Waals surface area (Å²) in [6.45, 7) is 5.87. The topological polar surface area (TPSA) is 90.5 Å². The van der Waals surface area contributed by atoms with Gasteiger partial charge in [0.1, 0.15) is 0 Å². The summed E-state index contributed by atoms with van der Waals surface area (Å²) >= 11 is 0. The van der Waals surface area contributed by atoms with E-state index < -0.39 is 12.1 Å². The van der Waals surface area contributed by atoms with Crippen molar-refractivity contribution in [2.45, 2.75) is 45.8 Å². The molecule has 6 nitrogen and oxygen atoms in total. The first-order valence-corrected chi connectivity index (χ1v) is 7.89. The Labute approximate surface area is 136 Å². The molecule has 4 N–H and O–H groups in total. The molecule has 0 unspecified atom stereocenters. The highest BCUT2D eigenvalue weighted by atomic mass is 16.3. The van der Waals surface area contributed by atoms with Crippen LogP contribution in [0.25, 0.3) is 0 Å². The number of rotatable bonds is 5. The van der Waals surface area contributed by atoms with Gasteiger partial charge in [0.05, 0.1) is 6.10 Å². The van der Waals surface area contributed by atoms with Crippen molar-refractivity contribution in [3.05, 3.63) is 29.8 Å². The molecule has 1 aromatic rings. The fraction of sp³-hybridized carbons (Fsp3) is 0.529. The fourth-order valence-corrected chi connectivity index (χ4v) is 1.91. The molecule has 6 heteroatoms. The number of nitrogens with one attached hydrogen (secondary N) is 3. The lowest BCUT2D eigenvalue weighted by Gasteiger charge is -2.25. The second-order valence-corrected chi connectivity index (χ2v) is 7.05. The lowest BCUT2D eigenvalue weighted by Crippen LogP contribution is -2.40. The Hall–Kier alpha value is -2.08. The van der Waals surface area contributed by atoms with Gasteiger partial charge < -0.3 is 21.1 Å². The van der Waals surface area contributed by atoms with E-state index in [1.54, 1.807) is 24.3 Å². The van der Waals surface area contributed by atoms with E-state index in [9.17, 15) is 14.7 Å². The van der Waals surface area contributed by atoms with Crippen LogP contribution in [0.3, 0.4) is 0 Å². The number of anilines is 1. The second-order valence-electron chi connectivity index (χ2n) is 7.05. The van der Waals surface area contributed by atoms with Crippen molar-refractivity contribution in [1.82, 2.24) is 10.6 Å². The van der Waals surface area contributed by atoms with Crippen LogP contribution in [-0.4, -0.2) is 35.7 Å². The van der Waals surface area contributed by atoms with Crippen LogP contribution in [0.1, 0.15) is 44.0 Å². The van der Waals surface area contributed by atoms with Crippen LogP contribution in [0.2, 0.25) is 0 Å². The highest BCUT2D eigenvalue weighted by molar-refractivity contribution is 5.97. The predicted octanol–water partition coefficient (Wildman–Crippen LogP) is 2.11. The Morgan fingerprint density at radius 2 is 2.00 bits per heavy atom. The third-order valence-electron chi connectivity index (χ3n) is 3.75. The van der Waals surface area contributed by atoms with Gasteiger partial charge in [-0.2, -0.15) is 0 Å². The number of aliphatic hydroxyl groups excluding tert-OH is 1. The molecule has 1 aromatic carbocycles. The van der Waals surface area contributed by atoms with Gasteiger partial charge in [-0.1, -0.05) is 26.8 Å². The summed E-state index contributed by atoms with van der Waals surface area (Å²) in [7, 11) is 0. The van der Waals surface area contributed by atoms with E-state index in [0.29, 0.717) is 17.3 Å². The second kappa shape index (κ2) is 7.00. The largest absolute Gasteiger partial charge is 0.391 e. The lowest BCUT2D eigenvalue weighted by atomic mass is 9.89. The molecule has 0 aromatic heterocycles. The predicted molar refractivity (Wildman–Crippen MR) is 89.4 cm³/mol. The quantitative estimate of drug-likeness (QED) is 0.670. The molecule has 3 amide bonds. The maximum Gasteiger partial charge on any atom is 0.319 e. The average molecular weight is 319 g/mol. The van der Waals surface area contributed by atoms with Crippen LogP contribution in [-0.2, 0) is 0 Å². The monoisotopic (exact) mass is 319 g/mol. The van der Waals surface area contributed by atoms with E-state index in [2.05, 4.69) is 16.0 Å². The van der Waals surface area contributed by atoms with E-state index in [-0.39, 0.29) is 17.9 Å². The molecule has 126 valence electrons. The molecular formula is C17H25N3O3. The van der Waals surface area contributed by atoms with Crippen molar-refractivity contribution < 1.29 is 14.7 Å². The van der Waals surface area contributed by atoms with Crippen LogP contribution in [0.5, 0.6) is 0 Å². The Bertz CT molecular complexity index is 577. The maximum absolute atomic E-state index is 12.0. The molecule has 0 saturated heterocycles. The van der Waals surface area contributed by atoms with E-state index in [1.165, 1.54) is 0 Å². The van der Waals surface area contributed by atoms with Gasteiger partial charge in [0, 0.05) is 23.8 Å². The van der Waals surface area contributed by atoms with Gasteiger partial charge in [-0.25, -0.2) is 4.79 Å². The fourth-order valence-electron chi connectivity index (χ4n) is 1.91. The zero-order valence-corrected chi connectivity index (χ0v) is 13.8. The molecule has 1 atom stereocenters. The van der Waals surface area contributed by atoms with Crippen molar-refractivity contribution >= 4 is 17.6 Å². The van der Waals surface area contributed by atoms with Crippen molar-refractivity contribution in [1.29, 1.82) is 0 Å². The summed E-state index contributed by atoms with van der Waals surface area (Å²) in [5.41, 5.74) is 0.759. The molecule has 0 aliphatic heterocycles. The summed E-state index contributed by atoms with van der Waals surface area (Å²) in [4.78, 5) is 23.9. The summed E-state index contributed by atoms with van der Waals surface area (Å²) in [5.74, 6) is -0.125. The Morgan fingerprint density at radius 3 is 2.61 bits per heavy atom. The molecule has 1 saturated carbocycles. The number of hydrogen-bond acceptors (Lipinski definition) is 3. The van der Waals surface area contributed by atoms with Crippen LogP contribution < -0.4 is 16.0 Å². The minimum Gasteiger partial charge on any atom is -0.391 e. The molecule has 0 heterocycles. The number of carbonyl (C=O) groups excluding carboxylic acids is 2. The van der Waals surface area contributed by atoms with Crippen LogP contribution >= 0.6 is 0 Å². The van der Waals surface area contributed by atoms with Gasteiger partial charge >= 0.3 is 6.03 Å². The van der Waals surface area contributed by atoms with E-state index in [0.717, 1.165) is 12.8 Å². The van der Waals surface area contributed by atoms with Gasteiger partial charge in [0.2, 0.25) is 0 Å². The van der Waals surface area contributed by atoms with Crippen LogP contribution in [0, 0.1) is 5.41 Å². The number of amides is 3. The normalized spacial score (nSPS) is 15.7. The van der Waals surface area contributed by atoms with Crippen molar-refractivity contribution in [3.63, 3.8) is 0 Å². The van der Waals surface area contributed by atoms with Crippen LogP contribution in [0.15, 0.2) is 24.3 Å². The maximum atomic E-state index is 12.0. The number of aliphatic hydroxyl groups is 1. The smallest absolute Gasteiger partial charge is 0.319 e. The Morgan fingerprint density at radius 1 is 1.30 bits per heavy atom. The van der Waals surface area contributed by atoms with E-state index in [1.807, 2.05) is 20.8 Å². The van der Waals surface area contributed by atoms with Gasteiger partial charge in [-0.15, -0.1) is 0 Å². The summed E-state index contributed by atoms with van der Waals surface area (Å²) < 4.78 is 0. The van der Waals surface area contributed by atoms with Gasteiger partial charge in [-0.3, -0.25) is 4.79 Å². The third kappa shape index (κ3) is 5.56. The highest BCUT2D eigenvalue weighted by Crippen LogP contribution is 2.20. The number of carbonyl (C=O) groups is 2. The number of benzene rings is 1. The standard InChI is InChI=1S/C17H25N3O3/c1-17(2,3)14(21)10-18-16(23)20-13-6-4-5-11(9-13)15(22)19-12-7-8-12/h4-6,9,12,14,21H,7-8,10H2,1-3H3,(H,19,22)(H2,18,20,23)/t14-/m1/s1. The highest BCUT2D eigenvalue weighted by Gasteiger charge is 2.24. The molecule has 1 aliphatic carbocycles. The van der Waals surface area contributed by atoms with Crippen molar-refractivity contribution in [2.75, 3.05) is 11.9 Å². The van der Waals surface area contributed by atoms with E-state index >= 15 is 0 Å². The molecule has 0 bridgehead atoms. The first-order valence-electron chi connectivity index (χ1n) is 7.89. The van der Waals surface area contributed by atoms with Gasteiger partial charge in [-0.05, 0) is 36.5 Å². The van der Waals surface area contributed by atoms with Crippen LogP contribution in [0.4, 0.5) is 10.5 Å². The molecule has 0 radical (unpaired) electrons. The first-order chi connectivity index (χ1) is 10.8. The number of hydrogen-bond donors (Lipinski definition) is 4. The zero-order chi connectivity index (χ0) is 17.0. The molecule has 2 rings (SSSR count). The molecule has 1 aliphatic rings. The SMILES string of the molecule is CC(C)(C)[C@H](O)CNC(=O)Nc1cccc(C(=O)NC2CC2)c1. The average Bonchev–Trinajstić information content (AvgIpc) is 3.28. The molecule has 23 heavy (non-hydrogen) atoms. The van der Waals surface area contributed by atoms with Crippen molar-refractivity contribution in [3.8, 4) is 0 Å². The first kappa shape index (κ1) is 17.3.